The summed E-state index contributed by atoms with van der Waals surface area (Å²) in [5, 5.41) is 2.94. The van der Waals surface area contributed by atoms with Gasteiger partial charge < -0.3 is 15.0 Å². The number of amides is 2. The Bertz CT molecular complexity index is 889. The van der Waals surface area contributed by atoms with Crippen LogP contribution in [0.3, 0.4) is 0 Å². The van der Waals surface area contributed by atoms with Crippen molar-refractivity contribution < 1.29 is 18.7 Å². The van der Waals surface area contributed by atoms with Crippen molar-refractivity contribution in [2.75, 3.05) is 14.2 Å². The number of carbonyl (C=O) groups is 2. The van der Waals surface area contributed by atoms with E-state index in [0.29, 0.717) is 17.2 Å². The predicted octanol–water partition coefficient (Wildman–Crippen LogP) is 3.40. The van der Waals surface area contributed by atoms with E-state index in [1.54, 1.807) is 49.5 Å². The summed E-state index contributed by atoms with van der Waals surface area (Å²) in [6, 6.07) is 12.0. The standard InChI is InChI=1S/C22H23FN2O3/c1-25(14-16-5-11-20(28-2)19(23)13-16)21(26)12-6-15-3-7-17(8-4-15)22(27)24-18-9-10-18/h3-8,11-13,18H,9-10,14H2,1-2H3,(H,24,27)/b12-6+. The van der Waals surface area contributed by atoms with Gasteiger partial charge in [0.05, 0.1) is 7.11 Å². The summed E-state index contributed by atoms with van der Waals surface area (Å²) in [5.74, 6) is -0.554. The third-order valence-electron chi connectivity index (χ3n) is 4.52. The maximum Gasteiger partial charge on any atom is 0.251 e. The fourth-order valence-electron chi connectivity index (χ4n) is 2.70. The molecular formula is C22H23FN2O3. The van der Waals surface area contributed by atoms with Gasteiger partial charge in [0.15, 0.2) is 11.6 Å². The first kappa shape index (κ1) is 19.6. The maximum absolute atomic E-state index is 13.8. The van der Waals surface area contributed by atoms with Gasteiger partial charge in [-0.15, -0.1) is 0 Å². The van der Waals surface area contributed by atoms with Gasteiger partial charge in [0.2, 0.25) is 5.91 Å². The number of benzene rings is 2. The van der Waals surface area contributed by atoms with Gasteiger partial charge in [0.25, 0.3) is 5.91 Å². The molecule has 1 aliphatic carbocycles. The summed E-state index contributed by atoms with van der Waals surface area (Å²) in [5.41, 5.74) is 2.10. The summed E-state index contributed by atoms with van der Waals surface area (Å²) in [7, 11) is 3.06. The largest absolute Gasteiger partial charge is 0.494 e. The van der Waals surface area contributed by atoms with Gasteiger partial charge in [-0.2, -0.15) is 0 Å². The zero-order valence-electron chi connectivity index (χ0n) is 15.9. The normalized spacial score (nSPS) is 13.4. The van der Waals surface area contributed by atoms with E-state index in [2.05, 4.69) is 5.32 Å². The molecule has 1 fully saturated rings. The van der Waals surface area contributed by atoms with Crippen molar-refractivity contribution in [2.45, 2.75) is 25.4 Å². The predicted molar refractivity (Wildman–Crippen MR) is 105 cm³/mol. The second-order valence-electron chi connectivity index (χ2n) is 6.87. The number of nitrogens with zero attached hydrogens (tertiary/aromatic N) is 1. The molecule has 2 aromatic carbocycles. The molecular weight excluding hydrogens is 359 g/mol. The molecule has 5 nitrogen and oxygen atoms in total. The highest BCUT2D eigenvalue weighted by molar-refractivity contribution is 5.95. The van der Waals surface area contributed by atoms with Gasteiger partial charge >= 0.3 is 0 Å². The number of rotatable bonds is 7. The van der Waals surface area contributed by atoms with Crippen LogP contribution in [-0.4, -0.2) is 36.9 Å². The smallest absolute Gasteiger partial charge is 0.251 e. The second kappa shape index (κ2) is 8.69. The van der Waals surface area contributed by atoms with Crippen LogP contribution in [0.15, 0.2) is 48.5 Å². The Balaban J connectivity index is 1.56. The highest BCUT2D eigenvalue weighted by Crippen LogP contribution is 2.20. The Morgan fingerprint density at radius 1 is 1.21 bits per heavy atom. The molecule has 28 heavy (non-hydrogen) atoms. The monoisotopic (exact) mass is 382 g/mol. The molecule has 0 heterocycles. The first-order chi connectivity index (χ1) is 13.5. The lowest BCUT2D eigenvalue weighted by Crippen LogP contribution is -2.25. The third kappa shape index (κ3) is 5.19. The molecule has 0 saturated heterocycles. The molecule has 2 aromatic rings. The minimum atomic E-state index is -0.456. The quantitative estimate of drug-likeness (QED) is 0.747. The number of hydrogen-bond acceptors (Lipinski definition) is 3. The zero-order chi connectivity index (χ0) is 20.1. The zero-order valence-corrected chi connectivity index (χ0v) is 15.9. The van der Waals surface area contributed by atoms with Crippen molar-refractivity contribution >= 4 is 17.9 Å². The Hall–Kier alpha value is -3.15. The van der Waals surface area contributed by atoms with Gasteiger partial charge in [-0.3, -0.25) is 9.59 Å². The SMILES string of the molecule is COc1ccc(CN(C)C(=O)/C=C/c2ccc(C(=O)NC3CC3)cc2)cc1F. The second-order valence-corrected chi connectivity index (χ2v) is 6.87. The number of likely N-dealkylation sites (N-methyl/N-ethyl adjacent to an activating group) is 1. The molecule has 3 rings (SSSR count). The molecule has 0 bridgehead atoms. The van der Waals surface area contributed by atoms with E-state index in [1.807, 2.05) is 0 Å². The van der Waals surface area contributed by atoms with E-state index in [0.717, 1.165) is 18.4 Å². The van der Waals surface area contributed by atoms with Gasteiger partial charge in [0, 0.05) is 31.3 Å². The van der Waals surface area contributed by atoms with Gasteiger partial charge in [-0.25, -0.2) is 4.39 Å². The minimum Gasteiger partial charge on any atom is -0.494 e. The van der Waals surface area contributed by atoms with E-state index < -0.39 is 5.82 Å². The average Bonchev–Trinajstić information content (AvgIpc) is 3.50. The van der Waals surface area contributed by atoms with Crippen molar-refractivity contribution in [3.05, 3.63) is 71.0 Å². The fraction of sp³-hybridized carbons (Fsp3) is 0.273. The number of ether oxygens (including phenoxy) is 1. The molecule has 0 unspecified atom stereocenters. The molecule has 0 atom stereocenters. The van der Waals surface area contributed by atoms with Crippen molar-refractivity contribution in [1.82, 2.24) is 10.2 Å². The molecule has 2 amide bonds. The summed E-state index contributed by atoms with van der Waals surface area (Å²) < 4.78 is 18.7. The lowest BCUT2D eigenvalue weighted by atomic mass is 10.1. The molecule has 146 valence electrons. The average molecular weight is 382 g/mol. The minimum absolute atomic E-state index is 0.0689. The highest BCUT2D eigenvalue weighted by Gasteiger charge is 2.23. The van der Waals surface area contributed by atoms with Gasteiger partial charge in [0.1, 0.15) is 0 Å². The van der Waals surface area contributed by atoms with Crippen LogP contribution < -0.4 is 10.1 Å². The van der Waals surface area contributed by atoms with Gasteiger partial charge in [-0.1, -0.05) is 18.2 Å². The van der Waals surface area contributed by atoms with Crippen LogP contribution in [0.4, 0.5) is 4.39 Å². The van der Waals surface area contributed by atoms with Crippen LogP contribution in [0.25, 0.3) is 6.08 Å². The van der Waals surface area contributed by atoms with Crippen LogP contribution in [-0.2, 0) is 11.3 Å². The summed E-state index contributed by atoms with van der Waals surface area (Å²) in [6.07, 6.45) is 5.24. The Kier molecular flexibility index (Phi) is 6.09. The van der Waals surface area contributed by atoms with Crippen molar-refractivity contribution in [1.29, 1.82) is 0 Å². The van der Waals surface area contributed by atoms with Crippen LogP contribution in [0.1, 0.15) is 34.3 Å². The van der Waals surface area contributed by atoms with Crippen LogP contribution in [0.5, 0.6) is 5.75 Å². The number of methoxy groups -OCH3 is 1. The topological polar surface area (TPSA) is 58.6 Å². The fourth-order valence-corrected chi connectivity index (χ4v) is 2.70. The number of halogens is 1. The summed E-state index contributed by atoms with van der Waals surface area (Å²) in [6.45, 7) is 0.282. The van der Waals surface area contributed by atoms with Crippen molar-refractivity contribution in [3.8, 4) is 5.75 Å². The van der Waals surface area contributed by atoms with Crippen LogP contribution >= 0.6 is 0 Å². The molecule has 0 spiro atoms. The lowest BCUT2D eigenvalue weighted by molar-refractivity contribution is -0.125. The van der Waals surface area contributed by atoms with Gasteiger partial charge in [-0.05, 0) is 54.3 Å². The van der Waals surface area contributed by atoms with E-state index in [9.17, 15) is 14.0 Å². The van der Waals surface area contributed by atoms with Crippen molar-refractivity contribution in [3.63, 3.8) is 0 Å². The van der Waals surface area contributed by atoms with E-state index in [1.165, 1.54) is 24.2 Å². The maximum atomic E-state index is 13.8. The van der Waals surface area contributed by atoms with Crippen molar-refractivity contribution in [2.24, 2.45) is 0 Å². The lowest BCUT2D eigenvalue weighted by Gasteiger charge is -2.15. The van der Waals surface area contributed by atoms with Crippen LogP contribution in [0.2, 0.25) is 0 Å². The molecule has 0 radical (unpaired) electrons. The number of hydrogen-bond donors (Lipinski definition) is 1. The molecule has 6 heteroatoms. The Morgan fingerprint density at radius 2 is 1.93 bits per heavy atom. The first-order valence-corrected chi connectivity index (χ1v) is 9.13. The van der Waals surface area contributed by atoms with E-state index >= 15 is 0 Å². The first-order valence-electron chi connectivity index (χ1n) is 9.13. The van der Waals surface area contributed by atoms with Crippen LogP contribution in [0, 0.1) is 5.82 Å². The molecule has 1 N–H and O–H groups in total. The Morgan fingerprint density at radius 3 is 2.54 bits per heavy atom. The van der Waals surface area contributed by atoms with E-state index in [4.69, 9.17) is 4.74 Å². The molecule has 1 saturated carbocycles. The third-order valence-corrected chi connectivity index (χ3v) is 4.52. The molecule has 1 aliphatic rings. The number of nitrogens with one attached hydrogen (secondary N) is 1. The van der Waals surface area contributed by atoms with E-state index in [-0.39, 0.29) is 24.1 Å². The summed E-state index contributed by atoms with van der Waals surface area (Å²) in [4.78, 5) is 25.8. The molecule has 0 aromatic heterocycles. The number of carbonyl (C=O) groups excluding carboxylic acids is 2. The molecule has 0 aliphatic heterocycles. The highest BCUT2D eigenvalue weighted by atomic mass is 19.1. The summed E-state index contributed by atoms with van der Waals surface area (Å²) >= 11 is 0. The Labute approximate surface area is 163 Å².